The fraction of sp³-hybridized carbons (Fsp3) is 0.222. The van der Waals surface area contributed by atoms with Gasteiger partial charge in [-0.25, -0.2) is 5.43 Å². The fourth-order valence-corrected chi connectivity index (χ4v) is 3.70. The maximum atomic E-state index is 12.2. The van der Waals surface area contributed by atoms with Crippen LogP contribution in [-0.2, 0) is 16.2 Å². The van der Waals surface area contributed by atoms with Gasteiger partial charge in [-0.2, -0.15) is 5.10 Å². The minimum absolute atomic E-state index is 0.387. The Morgan fingerprint density at radius 1 is 0.943 bits per heavy atom. The highest BCUT2D eigenvalue weighted by Gasteiger charge is 2.14. The van der Waals surface area contributed by atoms with E-state index >= 15 is 0 Å². The van der Waals surface area contributed by atoms with E-state index in [1.165, 1.54) is 11.8 Å². The first-order chi connectivity index (χ1) is 16.8. The summed E-state index contributed by atoms with van der Waals surface area (Å²) in [5.41, 5.74) is 7.78. The first-order valence-corrected chi connectivity index (χ1v) is 11.9. The lowest BCUT2D eigenvalue weighted by atomic mass is 10.1. The molecule has 0 spiro atoms. The van der Waals surface area contributed by atoms with Gasteiger partial charge in [0.05, 0.1) is 17.3 Å². The summed E-state index contributed by atoms with van der Waals surface area (Å²) in [5.74, 6) is -0.571. The van der Waals surface area contributed by atoms with Crippen molar-refractivity contribution in [3.05, 3.63) is 86.9 Å². The van der Waals surface area contributed by atoms with Crippen LogP contribution in [0.15, 0.2) is 64.2 Å². The van der Waals surface area contributed by atoms with Crippen LogP contribution in [0.4, 0.5) is 5.69 Å². The van der Waals surface area contributed by atoms with Crippen LogP contribution in [0.25, 0.3) is 0 Å². The summed E-state index contributed by atoms with van der Waals surface area (Å²) in [6.45, 7) is 8.66. The Labute approximate surface area is 213 Å². The van der Waals surface area contributed by atoms with Gasteiger partial charge in [0.25, 0.3) is 0 Å². The molecule has 0 unspecified atom stereocenters. The average molecular weight is 538 g/mol. The molecule has 7 nitrogen and oxygen atoms in total. The lowest BCUT2D eigenvalue weighted by Gasteiger charge is -2.15. The van der Waals surface area contributed by atoms with Crippen molar-refractivity contribution in [1.82, 2.24) is 5.43 Å². The van der Waals surface area contributed by atoms with Crippen molar-refractivity contribution >= 4 is 39.6 Å². The van der Waals surface area contributed by atoms with Crippen molar-refractivity contribution in [1.29, 1.82) is 0 Å². The quantitative estimate of drug-likeness (QED) is 0.227. The molecule has 0 saturated carbocycles. The van der Waals surface area contributed by atoms with E-state index in [4.69, 9.17) is 9.47 Å². The van der Waals surface area contributed by atoms with Gasteiger partial charge in [0, 0.05) is 5.69 Å². The molecule has 0 aliphatic heterocycles. The number of amides is 2. The van der Waals surface area contributed by atoms with E-state index in [0.717, 1.165) is 16.7 Å². The van der Waals surface area contributed by atoms with E-state index in [-0.39, 0.29) is 0 Å². The van der Waals surface area contributed by atoms with Crippen molar-refractivity contribution in [2.45, 2.75) is 34.3 Å². The second kappa shape index (κ2) is 12.2. The third-order valence-electron chi connectivity index (χ3n) is 5.19. The standard InChI is InChI=1S/C27H28BrN3O4/c1-5-34-24-14-21(13-23(28)25(24)35-16-20-9-6-17(2)7-10-20)15-29-31-27(33)26(32)30-22-11-8-18(3)19(4)12-22/h6-15H,5,16H2,1-4H3,(H,30,32)(H,31,33). The summed E-state index contributed by atoms with van der Waals surface area (Å²) < 4.78 is 12.4. The fourth-order valence-electron chi connectivity index (χ4n) is 3.13. The van der Waals surface area contributed by atoms with Crippen LogP contribution in [0.1, 0.15) is 34.7 Å². The Morgan fingerprint density at radius 2 is 1.69 bits per heavy atom. The van der Waals surface area contributed by atoms with E-state index < -0.39 is 11.8 Å². The molecule has 0 aromatic heterocycles. The molecule has 8 heteroatoms. The first-order valence-electron chi connectivity index (χ1n) is 11.1. The van der Waals surface area contributed by atoms with Crippen LogP contribution in [0.2, 0.25) is 0 Å². The number of nitrogens with zero attached hydrogens (tertiary/aromatic N) is 1. The van der Waals surface area contributed by atoms with Crippen LogP contribution in [0.3, 0.4) is 0 Å². The van der Waals surface area contributed by atoms with Crippen molar-refractivity contribution in [2.75, 3.05) is 11.9 Å². The Bertz CT molecular complexity index is 1240. The third-order valence-corrected chi connectivity index (χ3v) is 5.78. The number of hydrogen-bond donors (Lipinski definition) is 2. The molecular weight excluding hydrogens is 510 g/mol. The summed E-state index contributed by atoms with van der Waals surface area (Å²) in [4.78, 5) is 24.3. The molecular formula is C27H28BrN3O4. The maximum Gasteiger partial charge on any atom is 0.329 e. The summed E-state index contributed by atoms with van der Waals surface area (Å²) in [5, 5.41) is 6.47. The lowest BCUT2D eigenvalue weighted by Crippen LogP contribution is -2.32. The monoisotopic (exact) mass is 537 g/mol. The van der Waals surface area contributed by atoms with Gasteiger partial charge in [-0.15, -0.1) is 0 Å². The molecule has 3 rings (SSSR count). The molecule has 0 aliphatic rings. The van der Waals surface area contributed by atoms with Gasteiger partial charge in [-0.3, -0.25) is 9.59 Å². The maximum absolute atomic E-state index is 12.2. The number of anilines is 1. The predicted molar refractivity (Wildman–Crippen MR) is 141 cm³/mol. The lowest BCUT2D eigenvalue weighted by molar-refractivity contribution is -0.136. The number of benzene rings is 3. The van der Waals surface area contributed by atoms with Gasteiger partial charge in [0.15, 0.2) is 11.5 Å². The molecule has 3 aromatic rings. The molecule has 182 valence electrons. The van der Waals surface area contributed by atoms with Crippen LogP contribution < -0.4 is 20.2 Å². The topological polar surface area (TPSA) is 89.0 Å². The summed E-state index contributed by atoms with van der Waals surface area (Å²) in [6, 6.07) is 17.1. The highest BCUT2D eigenvalue weighted by molar-refractivity contribution is 9.10. The van der Waals surface area contributed by atoms with Crippen molar-refractivity contribution < 1.29 is 19.1 Å². The van der Waals surface area contributed by atoms with Gasteiger partial charge in [0.1, 0.15) is 6.61 Å². The molecule has 3 aromatic carbocycles. The second-order valence-electron chi connectivity index (χ2n) is 7.99. The number of ether oxygens (including phenoxy) is 2. The number of carbonyl (C=O) groups is 2. The zero-order valence-electron chi connectivity index (χ0n) is 20.1. The molecule has 0 saturated heterocycles. The van der Waals surface area contributed by atoms with Crippen LogP contribution in [0, 0.1) is 20.8 Å². The SMILES string of the molecule is CCOc1cc(C=NNC(=O)C(=O)Nc2ccc(C)c(C)c2)cc(Br)c1OCc1ccc(C)cc1. The van der Waals surface area contributed by atoms with E-state index in [0.29, 0.717) is 40.4 Å². The molecule has 0 radical (unpaired) electrons. The summed E-state index contributed by atoms with van der Waals surface area (Å²) in [6.07, 6.45) is 1.43. The smallest absolute Gasteiger partial charge is 0.329 e. The zero-order chi connectivity index (χ0) is 25.4. The number of hydrogen-bond acceptors (Lipinski definition) is 5. The molecule has 2 N–H and O–H groups in total. The van der Waals surface area contributed by atoms with Gasteiger partial charge in [-0.05, 0) is 90.1 Å². The Hall–Kier alpha value is -3.65. The first kappa shape index (κ1) is 26.0. The van der Waals surface area contributed by atoms with Gasteiger partial charge in [-0.1, -0.05) is 35.9 Å². The highest BCUT2D eigenvalue weighted by atomic mass is 79.9. The number of rotatable bonds is 8. The molecule has 0 atom stereocenters. The zero-order valence-corrected chi connectivity index (χ0v) is 21.7. The minimum atomic E-state index is -0.873. The largest absolute Gasteiger partial charge is 0.490 e. The normalized spacial score (nSPS) is 10.8. The van der Waals surface area contributed by atoms with Crippen molar-refractivity contribution in [2.24, 2.45) is 5.10 Å². The minimum Gasteiger partial charge on any atom is -0.490 e. The van der Waals surface area contributed by atoms with E-state index in [1.54, 1.807) is 24.3 Å². The Balaban J connectivity index is 1.64. The Morgan fingerprint density at radius 3 is 2.37 bits per heavy atom. The number of hydrazone groups is 1. The number of halogens is 1. The van der Waals surface area contributed by atoms with Crippen LogP contribution in [-0.4, -0.2) is 24.6 Å². The van der Waals surface area contributed by atoms with Crippen LogP contribution in [0.5, 0.6) is 11.5 Å². The number of aryl methyl sites for hydroxylation is 3. The second-order valence-corrected chi connectivity index (χ2v) is 8.84. The van der Waals surface area contributed by atoms with E-state index in [2.05, 4.69) is 31.8 Å². The summed E-state index contributed by atoms with van der Waals surface area (Å²) >= 11 is 3.53. The van der Waals surface area contributed by atoms with Gasteiger partial charge < -0.3 is 14.8 Å². The molecule has 0 aliphatic carbocycles. The highest BCUT2D eigenvalue weighted by Crippen LogP contribution is 2.37. The van der Waals surface area contributed by atoms with Crippen LogP contribution >= 0.6 is 15.9 Å². The third kappa shape index (κ3) is 7.42. The average Bonchev–Trinajstić information content (AvgIpc) is 2.82. The molecule has 2 amide bonds. The summed E-state index contributed by atoms with van der Waals surface area (Å²) in [7, 11) is 0. The number of nitrogens with one attached hydrogen (secondary N) is 2. The predicted octanol–water partition coefficient (Wildman–Crippen LogP) is 5.44. The van der Waals surface area contributed by atoms with Crippen molar-refractivity contribution in [3.63, 3.8) is 0 Å². The molecule has 0 bridgehead atoms. The molecule has 0 fully saturated rings. The molecule has 35 heavy (non-hydrogen) atoms. The van der Waals surface area contributed by atoms with Crippen molar-refractivity contribution in [3.8, 4) is 11.5 Å². The van der Waals surface area contributed by atoms with Gasteiger partial charge in [0.2, 0.25) is 0 Å². The molecule has 0 heterocycles. The van der Waals surface area contributed by atoms with E-state index in [9.17, 15) is 9.59 Å². The van der Waals surface area contributed by atoms with E-state index in [1.807, 2.05) is 58.0 Å². The number of carbonyl (C=O) groups excluding carboxylic acids is 2. The van der Waals surface area contributed by atoms with Gasteiger partial charge >= 0.3 is 11.8 Å². The Kier molecular flexibility index (Phi) is 9.03.